The Morgan fingerprint density at radius 2 is 1.83 bits per heavy atom. The SMILES string of the molecule is COC(=O)C1CC2[NH2+]CN(CC3CCC(OC)CC3)C2CN1CC1CCC(CO)O1. The van der Waals surface area contributed by atoms with Crippen LogP contribution in [0.5, 0.6) is 0 Å². The molecule has 3 aliphatic heterocycles. The van der Waals surface area contributed by atoms with Gasteiger partial charge in [-0.3, -0.25) is 9.69 Å². The molecule has 0 aromatic carbocycles. The van der Waals surface area contributed by atoms with Crippen LogP contribution in [0.2, 0.25) is 0 Å². The molecule has 0 radical (unpaired) electrons. The first-order valence-corrected chi connectivity index (χ1v) is 11.8. The highest BCUT2D eigenvalue weighted by molar-refractivity contribution is 5.76. The Hall–Kier alpha value is -0.770. The molecule has 8 heteroatoms. The number of nitrogens with two attached hydrogens (primary N) is 1. The van der Waals surface area contributed by atoms with Crippen LogP contribution in [0, 0.1) is 5.92 Å². The minimum Gasteiger partial charge on any atom is -0.468 e. The average molecular weight is 427 g/mol. The van der Waals surface area contributed by atoms with Gasteiger partial charge in [-0.25, -0.2) is 4.90 Å². The number of rotatable bonds is 7. The first kappa shape index (κ1) is 22.4. The molecule has 3 heterocycles. The molecular weight excluding hydrogens is 386 g/mol. The number of esters is 1. The van der Waals surface area contributed by atoms with Crippen LogP contribution in [0.25, 0.3) is 0 Å². The van der Waals surface area contributed by atoms with Crippen molar-refractivity contribution in [1.29, 1.82) is 0 Å². The van der Waals surface area contributed by atoms with E-state index in [0.29, 0.717) is 18.2 Å². The molecule has 0 amide bonds. The highest BCUT2D eigenvalue weighted by Crippen LogP contribution is 2.30. The van der Waals surface area contributed by atoms with E-state index in [-0.39, 0.29) is 30.8 Å². The third kappa shape index (κ3) is 5.00. The molecule has 1 saturated carbocycles. The number of methoxy groups -OCH3 is 2. The summed E-state index contributed by atoms with van der Waals surface area (Å²) in [6, 6.07) is 0.734. The molecule has 0 spiro atoms. The second kappa shape index (κ2) is 10.2. The topological polar surface area (TPSA) is 88.1 Å². The fourth-order valence-electron chi connectivity index (χ4n) is 6.10. The van der Waals surface area contributed by atoms with Gasteiger partial charge in [0, 0.05) is 33.2 Å². The number of hydrogen-bond donors (Lipinski definition) is 2. The molecule has 5 unspecified atom stereocenters. The van der Waals surface area contributed by atoms with E-state index in [1.54, 1.807) is 0 Å². The van der Waals surface area contributed by atoms with Gasteiger partial charge in [0.2, 0.25) is 0 Å². The van der Waals surface area contributed by atoms with E-state index >= 15 is 0 Å². The lowest BCUT2D eigenvalue weighted by Crippen LogP contribution is -2.89. The third-order valence-corrected chi connectivity index (χ3v) is 7.89. The number of fused-ring (bicyclic) bond motifs is 1. The van der Waals surface area contributed by atoms with Crippen LogP contribution >= 0.6 is 0 Å². The van der Waals surface area contributed by atoms with E-state index in [9.17, 15) is 9.90 Å². The van der Waals surface area contributed by atoms with Gasteiger partial charge < -0.3 is 24.6 Å². The van der Waals surface area contributed by atoms with Gasteiger partial charge in [-0.1, -0.05) is 0 Å². The molecule has 30 heavy (non-hydrogen) atoms. The smallest absolute Gasteiger partial charge is 0.323 e. The number of carbonyl (C=O) groups excluding carboxylic acids is 1. The monoisotopic (exact) mass is 426 g/mol. The van der Waals surface area contributed by atoms with Crippen molar-refractivity contribution in [2.45, 2.75) is 81.4 Å². The van der Waals surface area contributed by atoms with Crippen LogP contribution < -0.4 is 5.32 Å². The summed E-state index contributed by atoms with van der Waals surface area (Å²) in [5.74, 6) is 0.619. The normalized spacial score (nSPS) is 40.4. The largest absolute Gasteiger partial charge is 0.468 e. The molecule has 0 aromatic rings. The molecule has 1 aliphatic carbocycles. The van der Waals surface area contributed by atoms with Crippen molar-refractivity contribution in [1.82, 2.24) is 9.80 Å². The van der Waals surface area contributed by atoms with E-state index in [2.05, 4.69) is 15.1 Å². The van der Waals surface area contributed by atoms with E-state index in [4.69, 9.17) is 14.2 Å². The fraction of sp³-hybridized carbons (Fsp3) is 0.955. The molecule has 3 saturated heterocycles. The van der Waals surface area contributed by atoms with Crippen LogP contribution in [-0.2, 0) is 19.0 Å². The minimum atomic E-state index is -0.193. The van der Waals surface area contributed by atoms with E-state index in [1.807, 2.05) is 7.11 Å². The third-order valence-electron chi connectivity index (χ3n) is 7.89. The van der Waals surface area contributed by atoms with Gasteiger partial charge in [-0.05, 0) is 44.4 Å². The van der Waals surface area contributed by atoms with Crippen molar-refractivity contribution in [2.75, 3.05) is 47.1 Å². The van der Waals surface area contributed by atoms with Gasteiger partial charge in [0.1, 0.15) is 18.8 Å². The average Bonchev–Trinajstić information content (AvgIpc) is 3.40. The Bertz CT molecular complexity index is 571. The molecule has 3 N–H and O–H groups in total. The summed E-state index contributed by atoms with van der Waals surface area (Å²) in [4.78, 5) is 17.5. The van der Waals surface area contributed by atoms with Crippen LogP contribution in [0.4, 0.5) is 0 Å². The number of likely N-dealkylation sites (tertiary alicyclic amines) is 1. The van der Waals surface area contributed by atoms with Crippen LogP contribution in [0.3, 0.4) is 0 Å². The Morgan fingerprint density at radius 1 is 1.07 bits per heavy atom. The maximum atomic E-state index is 12.5. The predicted molar refractivity (Wildman–Crippen MR) is 111 cm³/mol. The van der Waals surface area contributed by atoms with E-state index in [0.717, 1.165) is 51.5 Å². The number of nitrogens with zero attached hydrogens (tertiary/aromatic N) is 2. The molecule has 5 atom stereocenters. The second-order valence-corrected chi connectivity index (χ2v) is 9.67. The summed E-state index contributed by atoms with van der Waals surface area (Å²) in [5.41, 5.74) is 0. The summed E-state index contributed by atoms with van der Waals surface area (Å²) in [5, 5.41) is 11.8. The Kier molecular flexibility index (Phi) is 7.65. The van der Waals surface area contributed by atoms with Crippen molar-refractivity contribution in [2.24, 2.45) is 5.92 Å². The number of piperidine rings is 1. The molecular formula is C22H40N3O5+. The summed E-state index contributed by atoms with van der Waals surface area (Å²) >= 11 is 0. The maximum Gasteiger partial charge on any atom is 0.323 e. The minimum absolute atomic E-state index is 0.0531. The zero-order valence-electron chi connectivity index (χ0n) is 18.6. The van der Waals surface area contributed by atoms with Crippen molar-refractivity contribution in [3.63, 3.8) is 0 Å². The zero-order chi connectivity index (χ0) is 21.1. The highest BCUT2D eigenvalue weighted by Gasteiger charge is 2.48. The number of carbonyl (C=O) groups is 1. The summed E-state index contributed by atoms with van der Waals surface area (Å²) in [7, 11) is 3.32. The Labute approximate surface area is 180 Å². The van der Waals surface area contributed by atoms with E-state index in [1.165, 1.54) is 32.8 Å². The van der Waals surface area contributed by atoms with Gasteiger partial charge in [0.15, 0.2) is 0 Å². The molecule has 172 valence electrons. The van der Waals surface area contributed by atoms with Gasteiger partial charge in [0.25, 0.3) is 0 Å². The fourth-order valence-corrected chi connectivity index (χ4v) is 6.10. The van der Waals surface area contributed by atoms with Crippen molar-refractivity contribution < 1.29 is 29.4 Å². The first-order valence-electron chi connectivity index (χ1n) is 11.8. The molecule has 4 fully saturated rings. The molecule has 0 aromatic heterocycles. The highest BCUT2D eigenvalue weighted by atomic mass is 16.5. The quantitative estimate of drug-likeness (QED) is 0.533. The van der Waals surface area contributed by atoms with Crippen molar-refractivity contribution in [3.8, 4) is 0 Å². The number of aliphatic hydroxyl groups excluding tert-OH is 1. The Balaban J connectivity index is 1.37. The number of quaternary nitrogens is 1. The van der Waals surface area contributed by atoms with Gasteiger partial charge >= 0.3 is 5.97 Å². The van der Waals surface area contributed by atoms with Crippen LogP contribution in [0.1, 0.15) is 44.9 Å². The number of aliphatic hydroxyl groups is 1. The Morgan fingerprint density at radius 3 is 2.50 bits per heavy atom. The van der Waals surface area contributed by atoms with Gasteiger partial charge in [-0.15, -0.1) is 0 Å². The molecule has 0 bridgehead atoms. The van der Waals surface area contributed by atoms with Gasteiger partial charge in [0.05, 0.1) is 38.1 Å². The molecule has 4 rings (SSSR count). The molecule has 8 nitrogen and oxygen atoms in total. The van der Waals surface area contributed by atoms with Crippen LogP contribution in [-0.4, -0.2) is 104 Å². The summed E-state index contributed by atoms with van der Waals surface area (Å²) in [6.07, 6.45) is 8.01. The van der Waals surface area contributed by atoms with Crippen molar-refractivity contribution in [3.05, 3.63) is 0 Å². The molecule has 4 aliphatic rings. The second-order valence-electron chi connectivity index (χ2n) is 9.67. The maximum absolute atomic E-state index is 12.5. The summed E-state index contributed by atoms with van der Waals surface area (Å²) in [6.45, 7) is 3.88. The summed E-state index contributed by atoms with van der Waals surface area (Å²) < 4.78 is 16.7. The van der Waals surface area contributed by atoms with Crippen molar-refractivity contribution >= 4 is 5.97 Å². The predicted octanol–water partition coefficient (Wildman–Crippen LogP) is -0.447. The van der Waals surface area contributed by atoms with Crippen LogP contribution in [0.15, 0.2) is 0 Å². The lowest BCUT2D eigenvalue weighted by molar-refractivity contribution is -0.678. The standard InChI is InChI=1S/C22H39N3O5/c1-28-16-5-3-15(4-6-16)10-25-14-23-19-9-20(22(27)29-2)24(12-21(19)25)11-17-7-8-18(13-26)30-17/h15-21,23,26H,3-14H2,1-2H3/p+1. The zero-order valence-corrected chi connectivity index (χ0v) is 18.6. The first-order chi connectivity index (χ1) is 14.6. The van der Waals surface area contributed by atoms with E-state index < -0.39 is 0 Å². The van der Waals surface area contributed by atoms with Gasteiger partial charge in [-0.2, -0.15) is 0 Å². The lowest BCUT2D eigenvalue weighted by atomic mass is 9.86. The lowest BCUT2D eigenvalue weighted by Gasteiger charge is -2.41. The number of hydrogen-bond acceptors (Lipinski definition) is 7. The number of ether oxygens (including phenoxy) is 3.